The van der Waals surface area contributed by atoms with E-state index in [0.29, 0.717) is 25.7 Å². The molecule has 0 aromatic heterocycles. The number of hydrogen-bond acceptors (Lipinski definition) is 5. The van der Waals surface area contributed by atoms with Crippen molar-refractivity contribution in [2.24, 2.45) is 11.8 Å². The standard InChI is InChI=1S/C26H34N2O6/c1-5-12-27(18-15-16(2)8-9-17(18)3)23(31)21-26-11-10-25(4,34-26)20(24(32)33)19(26)22(30)28(21)13-6-7-14-29/h5,8-9,15,19-21,29H,1,6-7,10-14H2,2-4H3,(H,32,33)/t19-,20+,21?,25-,26?/m0/s1. The van der Waals surface area contributed by atoms with E-state index in [1.165, 1.54) is 4.90 Å². The third-order valence-corrected chi connectivity index (χ3v) is 7.82. The minimum atomic E-state index is -1.18. The molecule has 3 aliphatic rings. The van der Waals surface area contributed by atoms with E-state index in [1.54, 1.807) is 17.9 Å². The Balaban J connectivity index is 1.81. The SMILES string of the molecule is C=CCN(C(=O)C1N(CCCCO)C(=O)[C@@H]2[C@H](C(=O)O)[C@]3(C)CCC12O3)c1cc(C)ccc1C. The number of carboxylic acid groups (broad SMARTS) is 1. The maximum atomic E-state index is 14.3. The Morgan fingerprint density at radius 2 is 2.03 bits per heavy atom. The molecule has 1 aromatic carbocycles. The first-order valence-corrected chi connectivity index (χ1v) is 11.9. The van der Waals surface area contributed by atoms with Crippen LogP contribution in [-0.2, 0) is 19.1 Å². The van der Waals surface area contributed by atoms with Crippen LogP contribution in [0.25, 0.3) is 0 Å². The molecule has 0 radical (unpaired) electrons. The molecule has 0 saturated carbocycles. The molecule has 2 amide bonds. The predicted octanol–water partition coefficient (Wildman–Crippen LogP) is 2.44. The lowest BCUT2D eigenvalue weighted by molar-refractivity contribution is -0.154. The number of carbonyl (C=O) groups is 3. The Morgan fingerprint density at radius 1 is 1.29 bits per heavy atom. The van der Waals surface area contributed by atoms with Gasteiger partial charge in [0, 0.05) is 25.4 Å². The van der Waals surface area contributed by atoms with Gasteiger partial charge in [-0.25, -0.2) is 0 Å². The zero-order valence-electron chi connectivity index (χ0n) is 20.1. The first-order valence-electron chi connectivity index (χ1n) is 11.9. The molecule has 5 atom stereocenters. The van der Waals surface area contributed by atoms with Crippen molar-refractivity contribution in [3.05, 3.63) is 42.0 Å². The normalized spacial score (nSPS) is 31.6. The van der Waals surface area contributed by atoms with Gasteiger partial charge in [0.25, 0.3) is 5.91 Å². The smallest absolute Gasteiger partial charge is 0.310 e. The molecule has 3 saturated heterocycles. The number of aliphatic carboxylic acids is 1. The Hall–Kier alpha value is -2.71. The zero-order chi connectivity index (χ0) is 24.8. The second kappa shape index (κ2) is 8.82. The molecule has 1 spiro atoms. The van der Waals surface area contributed by atoms with Gasteiger partial charge in [-0.1, -0.05) is 18.2 Å². The molecule has 8 nitrogen and oxygen atoms in total. The molecule has 3 heterocycles. The Morgan fingerprint density at radius 3 is 2.68 bits per heavy atom. The van der Waals surface area contributed by atoms with E-state index in [1.807, 2.05) is 32.0 Å². The van der Waals surface area contributed by atoms with E-state index in [0.717, 1.165) is 16.8 Å². The van der Waals surface area contributed by atoms with Crippen LogP contribution in [-0.4, -0.2) is 69.8 Å². The van der Waals surface area contributed by atoms with Crippen LogP contribution in [0, 0.1) is 25.7 Å². The highest BCUT2D eigenvalue weighted by molar-refractivity contribution is 6.05. The summed E-state index contributed by atoms with van der Waals surface area (Å²) in [5.74, 6) is -3.60. The quantitative estimate of drug-likeness (QED) is 0.424. The maximum Gasteiger partial charge on any atom is 0.310 e. The summed E-state index contributed by atoms with van der Waals surface area (Å²) in [6.45, 7) is 9.94. The van der Waals surface area contributed by atoms with Crippen LogP contribution in [0.15, 0.2) is 30.9 Å². The van der Waals surface area contributed by atoms with Crippen molar-refractivity contribution >= 4 is 23.5 Å². The third kappa shape index (κ3) is 3.55. The third-order valence-electron chi connectivity index (χ3n) is 7.82. The summed E-state index contributed by atoms with van der Waals surface area (Å²) in [5.41, 5.74) is 0.489. The number of amides is 2. The molecular formula is C26H34N2O6. The fourth-order valence-corrected chi connectivity index (χ4v) is 6.31. The predicted molar refractivity (Wildman–Crippen MR) is 126 cm³/mol. The number of unbranched alkanes of at least 4 members (excludes halogenated alkanes) is 1. The van der Waals surface area contributed by atoms with Crippen LogP contribution >= 0.6 is 0 Å². The number of carbonyl (C=O) groups excluding carboxylic acids is 2. The van der Waals surface area contributed by atoms with E-state index in [2.05, 4.69) is 6.58 Å². The van der Waals surface area contributed by atoms with Crippen molar-refractivity contribution in [1.29, 1.82) is 0 Å². The topological polar surface area (TPSA) is 107 Å². The number of carboxylic acids is 1. The number of anilines is 1. The molecule has 3 aliphatic heterocycles. The van der Waals surface area contributed by atoms with E-state index in [9.17, 15) is 24.6 Å². The van der Waals surface area contributed by atoms with Gasteiger partial charge in [-0.3, -0.25) is 14.4 Å². The second-order valence-electron chi connectivity index (χ2n) is 10.1. The number of hydrogen-bond donors (Lipinski definition) is 2. The summed E-state index contributed by atoms with van der Waals surface area (Å²) in [5, 5.41) is 19.3. The first kappa shape index (κ1) is 24.4. The van der Waals surface area contributed by atoms with Crippen molar-refractivity contribution in [1.82, 2.24) is 4.90 Å². The van der Waals surface area contributed by atoms with Crippen molar-refractivity contribution in [3.8, 4) is 0 Å². The number of fused-ring (bicyclic) bond motifs is 1. The second-order valence-corrected chi connectivity index (χ2v) is 10.1. The number of ether oxygens (including phenoxy) is 1. The fourth-order valence-electron chi connectivity index (χ4n) is 6.31. The molecule has 1 aromatic rings. The van der Waals surface area contributed by atoms with E-state index in [-0.39, 0.29) is 31.5 Å². The highest BCUT2D eigenvalue weighted by Gasteiger charge is 2.78. The zero-order valence-corrected chi connectivity index (χ0v) is 20.1. The average molecular weight is 471 g/mol. The van der Waals surface area contributed by atoms with E-state index in [4.69, 9.17) is 4.74 Å². The first-order chi connectivity index (χ1) is 16.1. The van der Waals surface area contributed by atoms with Crippen molar-refractivity contribution in [3.63, 3.8) is 0 Å². The van der Waals surface area contributed by atoms with Gasteiger partial charge in [-0.15, -0.1) is 6.58 Å². The number of rotatable bonds is 9. The van der Waals surface area contributed by atoms with Gasteiger partial charge in [0.05, 0.1) is 17.4 Å². The lowest BCUT2D eigenvalue weighted by atomic mass is 9.66. The van der Waals surface area contributed by atoms with Crippen LogP contribution < -0.4 is 4.90 Å². The van der Waals surface area contributed by atoms with E-state index >= 15 is 0 Å². The fraction of sp³-hybridized carbons (Fsp3) is 0.577. The lowest BCUT2D eigenvalue weighted by Gasteiger charge is -2.37. The number of aliphatic hydroxyl groups excluding tert-OH is 1. The number of aryl methyl sites for hydroxylation is 2. The summed E-state index contributed by atoms with van der Waals surface area (Å²) in [7, 11) is 0. The van der Waals surface area contributed by atoms with Gasteiger partial charge in [0.2, 0.25) is 5.91 Å². The Labute approximate surface area is 200 Å². The summed E-state index contributed by atoms with van der Waals surface area (Å²) >= 11 is 0. The minimum Gasteiger partial charge on any atom is -0.481 e. The maximum absolute atomic E-state index is 14.3. The monoisotopic (exact) mass is 470 g/mol. The molecule has 8 heteroatoms. The van der Waals surface area contributed by atoms with Crippen LogP contribution in [0.2, 0.25) is 0 Å². The van der Waals surface area contributed by atoms with Crippen molar-refractivity contribution in [2.75, 3.05) is 24.6 Å². The number of likely N-dealkylation sites (tertiary alicyclic amines) is 1. The molecule has 2 unspecified atom stereocenters. The van der Waals surface area contributed by atoms with Gasteiger partial charge in [0.15, 0.2) is 0 Å². The molecule has 3 fully saturated rings. The highest BCUT2D eigenvalue weighted by Crippen LogP contribution is 2.63. The number of aliphatic hydroxyl groups is 1. The average Bonchev–Trinajstić information content (AvgIpc) is 3.35. The van der Waals surface area contributed by atoms with Gasteiger partial charge < -0.3 is 24.7 Å². The Bertz CT molecular complexity index is 1020. The number of nitrogens with zero attached hydrogens (tertiary/aromatic N) is 2. The van der Waals surface area contributed by atoms with Gasteiger partial charge in [-0.2, -0.15) is 0 Å². The van der Waals surface area contributed by atoms with Crippen molar-refractivity contribution < 1.29 is 29.3 Å². The molecule has 4 rings (SSSR count). The molecule has 2 bridgehead atoms. The molecule has 0 aliphatic carbocycles. The van der Waals surface area contributed by atoms with Gasteiger partial charge in [-0.05, 0) is 63.6 Å². The number of benzene rings is 1. The van der Waals surface area contributed by atoms with Gasteiger partial charge in [0.1, 0.15) is 11.6 Å². The van der Waals surface area contributed by atoms with Crippen LogP contribution in [0.3, 0.4) is 0 Å². The van der Waals surface area contributed by atoms with Gasteiger partial charge >= 0.3 is 5.97 Å². The molecule has 184 valence electrons. The van der Waals surface area contributed by atoms with E-state index < -0.39 is 35.0 Å². The minimum absolute atomic E-state index is 0.0212. The van der Waals surface area contributed by atoms with Crippen LogP contribution in [0.4, 0.5) is 5.69 Å². The highest BCUT2D eigenvalue weighted by atomic mass is 16.5. The summed E-state index contributed by atoms with van der Waals surface area (Å²) < 4.78 is 6.44. The summed E-state index contributed by atoms with van der Waals surface area (Å²) in [6, 6.07) is 4.93. The largest absolute Gasteiger partial charge is 0.481 e. The van der Waals surface area contributed by atoms with Crippen LogP contribution in [0.1, 0.15) is 43.7 Å². The summed E-state index contributed by atoms with van der Waals surface area (Å²) in [6.07, 6.45) is 3.57. The van der Waals surface area contributed by atoms with Crippen LogP contribution in [0.5, 0.6) is 0 Å². The van der Waals surface area contributed by atoms with Crippen molar-refractivity contribution in [2.45, 2.75) is 63.7 Å². The summed E-state index contributed by atoms with van der Waals surface area (Å²) in [4.78, 5) is 43.4. The molecule has 34 heavy (non-hydrogen) atoms. The molecular weight excluding hydrogens is 436 g/mol. The Kier molecular flexibility index (Phi) is 6.33. The lowest BCUT2D eigenvalue weighted by Crippen LogP contribution is -2.56. The molecule has 2 N–H and O–H groups in total.